The van der Waals surface area contributed by atoms with Gasteiger partial charge in [0.2, 0.25) is 0 Å². The van der Waals surface area contributed by atoms with Crippen molar-refractivity contribution in [3.8, 4) is 0 Å². The van der Waals surface area contributed by atoms with Crippen LogP contribution in [0.2, 0.25) is 0 Å². The van der Waals surface area contributed by atoms with E-state index < -0.39 is 0 Å². The molecular weight excluding hydrogens is 290 g/mol. The van der Waals surface area contributed by atoms with Crippen molar-refractivity contribution in [2.75, 3.05) is 26.0 Å². The number of carbonyl (C=O) groups is 1. The van der Waals surface area contributed by atoms with Gasteiger partial charge in [0.05, 0.1) is 0 Å². The molecule has 0 fully saturated rings. The molecule has 0 aliphatic carbocycles. The van der Waals surface area contributed by atoms with Crippen LogP contribution < -0.4 is 5.32 Å². The van der Waals surface area contributed by atoms with Crippen molar-refractivity contribution >= 4 is 22.6 Å². The second-order valence-corrected chi connectivity index (χ2v) is 5.73. The number of rotatable bonds is 5. The molecule has 1 N–H and O–H groups in total. The van der Waals surface area contributed by atoms with Crippen molar-refractivity contribution in [1.29, 1.82) is 0 Å². The molecule has 0 radical (unpaired) electrons. The maximum atomic E-state index is 12.3. The minimum atomic E-state index is -0.262. The van der Waals surface area contributed by atoms with Gasteiger partial charge in [0.15, 0.2) is 5.76 Å². The number of carbonyl (C=O) groups excluding carboxylic acids is 1. The van der Waals surface area contributed by atoms with Gasteiger partial charge in [-0.15, -0.1) is 0 Å². The molecule has 0 spiro atoms. The lowest BCUT2D eigenvalue weighted by Gasteiger charge is -2.09. The van der Waals surface area contributed by atoms with Crippen LogP contribution in [0.5, 0.6) is 0 Å². The molecule has 0 saturated heterocycles. The van der Waals surface area contributed by atoms with E-state index in [9.17, 15) is 4.79 Å². The number of pyridine rings is 1. The Hall–Kier alpha value is -2.66. The Morgan fingerprint density at radius 1 is 1.22 bits per heavy atom. The maximum Gasteiger partial charge on any atom is 0.291 e. The largest absolute Gasteiger partial charge is 0.451 e. The summed E-state index contributed by atoms with van der Waals surface area (Å²) in [5.41, 5.74) is 2.65. The second-order valence-electron chi connectivity index (χ2n) is 5.73. The van der Waals surface area contributed by atoms with E-state index in [4.69, 9.17) is 4.42 Å². The van der Waals surface area contributed by atoms with E-state index >= 15 is 0 Å². The number of nitrogens with zero attached hydrogens (tertiary/aromatic N) is 2. The molecule has 0 saturated carbocycles. The summed E-state index contributed by atoms with van der Waals surface area (Å²) < 4.78 is 5.53. The molecule has 0 atom stereocenters. The first-order valence-electron chi connectivity index (χ1n) is 7.50. The molecule has 0 bridgehead atoms. The third-order valence-electron chi connectivity index (χ3n) is 3.60. The van der Waals surface area contributed by atoms with Gasteiger partial charge in [-0.25, -0.2) is 0 Å². The molecule has 0 aliphatic heterocycles. The molecule has 3 aromatic rings. The number of fused-ring (bicyclic) bond motifs is 1. The van der Waals surface area contributed by atoms with Crippen molar-refractivity contribution in [2.24, 2.45) is 0 Å². The number of hydrogen-bond donors (Lipinski definition) is 1. The Morgan fingerprint density at radius 3 is 2.70 bits per heavy atom. The number of hydrogen-bond acceptors (Lipinski definition) is 4. The average Bonchev–Trinajstić information content (AvgIpc) is 2.98. The monoisotopic (exact) mass is 309 g/mol. The fraction of sp³-hybridized carbons (Fsp3) is 0.222. The Kier molecular flexibility index (Phi) is 4.39. The summed E-state index contributed by atoms with van der Waals surface area (Å²) in [4.78, 5) is 18.4. The van der Waals surface area contributed by atoms with E-state index in [0.29, 0.717) is 5.58 Å². The maximum absolute atomic E-state index is 12.3. The molecule has 3 rings (SSSR count). The SMILES string of the molecule is CN(C)CCc1ccc(NC(=O)c2cc3cnccc3o2)cc1. The van der Waals surface area contributed by atoms with Crippen LogP contribution in [0.1, 0.15) is 16.1 Å². The molecule has 0 unspecified atom stereocenters. The van der Waals surface area contributed by atoms with Crippen LogP contribution in [-0.4, -0.2) is 36.4 Å². The quantitative estimate of drug-likeness (QED) is 0.786. The third kappa shape index (κ3) is 3.76. The predicted molar refractivity (Wildman–Crippen MR) is 90.7 cm³/mol. The summed E-state index contributed by atoms with van der Waals surface area (Å²) in [5, 5.41) is 3.66. The number of anilines is 1. The molecule has 5 nitrogen and oxygen atoms in total. The first kappa shape index (κ1) is 15.2. The molecular formula is C18H19N3O2. The van der Waals surface area contributed by atoms with Crippen LogP contribution in [0.3, 0.4) is 0 Å². The van der Waals surface area contributed by atoms with Crippen molar-refractivity contribution < 1.29 is 9.21 Å². The molecule has 2 aromatic heterocycles. The molecule has 0 aliphatic rings. The van der Waals surface area contributed by atoms with Gasteiger partial charge in [-0.3, -0.25) is 9.78 Å². The lowest BCUT2D eigenvalue weighted by Crippen LogP contribution is -2.15. The van der Waals surface area contributed by atoms with Crippen LogP contribution in [-0.2, 0) is 6.42 Å². The summed E-state index contributed by atoms with van der Waals surface area (Å²) in [6.45, 7) is 0.999. The van der Waals surface area contributed by atoms with Gasteiger partial charge in [-0.05, 0) is 50.3 Å². The number of furan rings is 1. The minimum Gasteiger partial charge on any atom is -0.451 e. The van der Waals surface area contributed by atoms with Crippen LogP contribution in [0, 0.1) is 0 Å². The summed E-state index contributed by atoms with van der Waals surface area (Å²) >= 11 is 0. The lowest BCUT2D eigenvalue weighted by molar-refractivity contribution is 0.0998. The highest BCUT2D eigenvalue weighted by atomic mass is 16.3. The number of nitrogens with one attached hydrogen (secondary N) is 1. The average molecular weight is 309 g/mol. The highest BCUT2D eigenvalue weighted by Gasteiger charge is 2.12. The summed E-state index contributed by atoms with van der Waals surface area (Å²) in [7, 11) is 4.11. The van der Waals surface area contributed by atoms with Gasteiger partial charge in [0.1, 0.15) is 5.58 Å². The number of likely N-dealkylation sites (N-methyl/N-ethyl adjacent to an activating group) is 1. The van der Waals surface area contributed by atoms with Crippen molar-refractivity contribution in [2.45, 2.75) is 6.42 Å². The fourth-order valence-corrected chi connectivity index (χ4v) is 2.30. The third-order valence-corrected chi connectivity index (χ3v) is 3.60. The molecule has 1 amide bonds. The van der Waals surface area contributed by atoms with E-state index in [1.165, 1.54) is 5.56 Å². The molecule has 5 heteroatoms. The van der Waals surface area contributed by atoms with Gasteiger partial charge in [-0.1, -0.05) is 12.1 Å². The second kappa shape index (κ2) is 6.62. The molecule has 118 valence electrons. The molecule has 23 heavy (non-hydrogen) atoms. The molecule has 1 aromatic carbocycles. The van der Waals surface area contributed by atoms with Crippen LogP contribution in [0.4, 0.5) is 5.69 Å². The zero-order valence-electron chi connectivity index (χ0n) is 13.2. The Bertz CT molecular complexity index is 774. The smallest absolute Gasteiger partial charge is 0.291 e. The first-order valence-corrected chi connectivity index (χ1v) is 7.50. The highest BCUT2D eigenvalue weighted by molar-refractivity contribution is 6.04. The normalized spacial score (nSPS) is 11.1. The predicted octanol–water partition coefficient (Wildman–Crippen LogP) is 3.18. The highest BCUT2D eigenvalue weighted by Crippen LogP contribution is 2.19. The Labute approximate surface area is 134 Å². The summed E-state index contributed by atoms with van der Waals surface area (Å²) in [6.07, 6.45) is 4.30. The van der Waals surface area contributed by atoms with E-state index in [1.807, 2.05) is 24.3 Å². The van der Waals surface area contributed by atoms with E-state index in [1.54, 1.807) is 24.5 Å². The number of aromatic nitrogens is 1. The fourth-order valence-electron chi connectivity index (χ4n) is 2.30. The van der Waals surface area contributed by atoms with Crippen molar-refractivity contribution in [1.82, 2.24) is 9.88 Å². The van der Waals surface area contributed by atoms with Gasteiger partial charge in [-0.2, -0.15) is 0 Å². The molecule has 2 heterocycles. The lowest BCUT2D eigenvalue weighted by atomic mass is 10.1. The standard InChI is InChI=1S/C18H19N3O2/c1-21(2)10-8-13-3-5-15(6-4-13)20-18(22)17-11-14-12-19-9-7-16(14)23-17/h3-7,9,11-12H,8,10H2,1-2H3,(H,20,22). The van der Waals surface area contributed by atoms with Gasteiger partial charge in [0.25, 0.3) is 5.91 Å². The van der Waals surface area contributed by atoms with E-state index in [-0.39, 0.29) is 11.7 Å². The summed E-state index contributed by atoms with van der Waals surface area (Å²) in [6, 6.07) is 11.3. The van der Waals surface area contributed by atoms with Crippen LogP contribution in [0.25, 0.3) is 11.0 Å². The topological polar surface area (TPSA) is 58.4 Å². The minimum absolute atomic E-state index is 0.262. The van der Waals surface area contributed by atoms with Crippen molar-refractivity contribution in [3.63, 3.8) is 0 Å². The number of benzene rings is 1. The Morgan fingerprint density at radius 2 is 2.00 bits per heavy atom. The number of amides is 1. The zero-order valence-corrected chi connectivity index (χ0v) is 13.2. The van der Waals surface area contributed by atoms with Gasteiger partial charge in [0, 0.05) is 30.0 Å². The zero-order chi connectivity index (χ0) is 16.2. The van der Waals surface area contributed by atoms with Gasteiger partial charge >= 0.3 is 0 Å². The Balaban J connectivity index is 1.67. The van der Waals surface area contributed by atoms with Crippen LogP contribution in [0.15, 0.2) is 53.2 Å². The first-order chi connectivity index (χ1) is 11.1. The van der Waals surface area contributed by atoms with Crippen LogP contribution >= 0.6 is 0 Å². The summed E-state index contributed by atoms with van der Waals surface area (Å²) in [5.74, 6) is 0.0203. The van der Waals surface area contributed by atoms with Crippen molar-refractivity contribution in [3.05, 3.63) is 60.1 Å². The van der Waals surface area contributed by atoms with Gasteiger partial charge < -0.3 is 14.6 Å². The van der Waals surface area contributed by atoms with E-state index in [2.05, 4.69) is 29.3 Å². The van der Waals surface area contributed by atoms with E-state index in [0.717, 1.165) is 24.0 Å².